The number of hydrogen-bond acceptors (Lipinski definition) is 1. The molecule has 2 N–H and O–H groups in total. The topological polar surface area (TPSA) is 26.0 Å². The van der Waals surface area contributed by atoms with E-state index in [1.165, 1.54) is 19.3 Å². The zero-order chi connectivity index (χ0) is 7.98. The molecule has 0 aliphatic rings. The quantitative estimate of drug-likeness (QED) is 0.629. The minimum absolute atomic E-state index is 0.423. The van der Waals surface area contributed by atoms with Crippen molar-refractivity contribution in [3.8, 4) is 0 Å². The van der Waals surface area contributed by atoms with Gasteiger partial charge < -0.3 is 5.73 Å². The summed E-state index contributed by atoms with van der Waals surface area (Å²) in [5, 5.41) is 0. The van der Waals surface area contributed by atoms with Gasteiger partial charge in [-0.15, -0.1) is 0 Å². The summed E-state index contributed by atoms with van der Waals surface area (Å²) in [5.74, 6) is 0.713. The molecule has 0 aliphatic heterocycles. The van der Waals surface area contributed by atoms with Crippen LogP contribution in [0.5, 0.6) is 0 Å². The summed E-state index contributed by atoms with van der Waals surface area (Å²) in [6, 6.07) is 0.423. The fourth-order valence-electron chi connectivity index (χ4n) is 1.14. The van der Waals surface area contributed by atoms with E-state index < -0.39 is 0 Å². The molecule has 0 rings (SSSR count). The molecule has 0 saturated heterocycles. The molecular formula is C9H21N. The van der Waals surface area contributed by atoms with E-state index in [4.69, 9.17) is 5.73 Å². The largest absolute Gasteiger partial charge is 0.327 e. The first-order valence-electron chi connectivity index (χ1n) is 4.47. The van der Waals surface area contributed by atoms with Gasteiger partial charge in [-0.3, -0.25) is 0 Å². The minimum Gasteiger partial charge on any atom is -0.327 e. The first-order valence-corrected chi connectivity index (χ1v) is 4.47. The van der Waals surface area contributed by atoms with Gasteiger partial charge in [-0.1, -0.05) is 33.6 Å². The van der Waals surface area contributed by atoms with E-state index >= 15 is 0 Å². The maximum atomic E-state index is 5.86. The second-order valence-corrected chi connectivity index (χ2v) is 3.19. The first-order chi connectivity index (χ1) is 4.72. The van der Waals surface area contributed by atoms with E-state index in [9.17, 15) is 0 Å². The lowest BCUT2D eigenvalue weighted by atomic mass is 9.95. The summed E-state index contributed by atoms with van der Waals surface area (Å²) in [4.78, 5) is 0. The SMILES string of the molecule is CCCCC(C)[C@@H](N)CC. The van der Waals surface area contributed by atoms with Gasteiger partial charge in [0.2, 0.25) is 0 Å². The van der Waals surface area contributed by atoms with Crippen LogP contribution in [0.2, 0.25) is 0 Å². The highest BCUT2D eigenvalue weighted by molar-refractivity contribution is 4.66. The monoisotopic (exact) mass is 143 g/mol. The molecule has 62 valence electrons. The summed E-state index contributed by atoms with van der Waals surface area (Å²) in [7, 11) is 0. The Morgan fingerprint density at radius 2 is 1.90 bits per heavy atom. The molecular weight excluding hydrogens is 122 g/mol. The summed E-state index contributed by atoms with van der Waals surface area (Å²) < 4.78 is 0. The molecule has 1 heteroatoms. The van der Waals surface area contributed by atoms with E-state index in [1.54, 1.807) is 0 Å². The molecule has 0 aromatic carbocycles. The van der Waals surface area contributed by atoms with Crippen molar-refractivity contribution in [2.75, 3.05) is 0 Å². The van der Waals surface area contributed by atoms with Crippen LogP contribution in [0.25, 0.3) is 0 Å². The van der Waals surface area contributed by atoms with Gasteiger partial charge in [-0.2, -0.15) is 0 Å². The predicted octanol–water partition coefficient (Wildman–Crippen LogP) is 2.55. The highest BCUT2D eigenvalue weighted by Crippen LogP contribution is 2.12. The van der Waals surface area contributed by atoms with Crippen molar-refractivity contribution in [2.45, 2.75) is 52.5 Å². The van der Waals surface area contributed by atoms with Gasteiger partial charge in [-0.25, -0.2) is 0 Å². The van der Waals surface area contributed by atoms with Gasteiger partial charge >= 0.3 is 0 Å². The van der Waals surface area contributed by atoms with Crippen molar-refractivity contribution in [3.63, 3.8) is 0 Å². The van der Waals surface area contributed by atoms with Crippen LogP contribution in [-0.2, 0) is 0 Å². The van der Waals surface area contributed by atoms with Gasteiger partial charge in [0.1, 0.15) is 0 Å². The molecule has 2 atom stereocenters. The Morgan fingerprint density at radius 3 is 2.30 bits per heavy atom. The van der Waals surface area contributed by atoms with Crippen molar-refractivity contribution in [3.05, 3.63) is 0 Å². The van der Waals surface area contributed by atoms with E-state index in [1.807, 2.05) is 0 Å². The summed E-state index contributed by atoms with van der Waals surface area (Å²) >= 11 is 0. The van der Waals surface area contributed by atoms with Crippen molar-refractivity contribution < 1.29 is 0 Å². The van der Waals surface area contributed by atoms with Gasteiger partial charge in [0, 0.05) is 6.04 Å². The molecule has 0 aromatic heterocycles. The van der Waals surface area contributed by atoms with Crippen LogP contribution in [0.15, 0.2) is 0 Å². The molecule has 0 radical (unpaired) electrons. The lowest BCUT2D eigenvalue weighted by Gasteiger charge is -2.17. The minimum atomic E-state index is 0.423. The van der Waals surface area contributed by atoms with Crippen LogP contribution in [0.3, 0.4) is 0 Å². The van der Waals surface area contributed by atoms with Crippen molar-refractivity contribution >= 4 is 0 Å². The molecule has 1 unspecified atom stereocenters. The Morgan fingerprint density at radius 1 is 1.30 bits per heavy atom. The van der Waals surface area contributed by atoms with E-state index in [0.717, 1.165) is 6.42 Å². The molecule has 0 amide bonds. The van der Waals surface area contributed by atoms with Crippen LogP contribution in [-0.4, -0.2) is 6.04 Å². The zero-order valence-electron chi connectivity index (χ0n) is 7.56. The summed E-state index contributed by atoms with van der Waals surface area (Å²) in [6.45, 7) is 6.64. The molecule has 10 heavy (non-hydrogen) atoms. The molecule has 0 heterocycles. The number of unbranched alkanes of at least 4 members (excludes halogenated alkanes) is 1. The Labute approximate surface area is 65.0 Å². The van der Waals surface area contributed by atoms with Crippen LogP contribution >= 0.6 is 0 Å². The smallest absolute Gasteiger partial charge is 0.00619 e. The van der Waals surface area contributed by atoms with Gasteiger partial charge in [0.05, 0.1) is 0 Å². The van der Waals surface area contributed by atoms with Gasteiger partial charge in [0.15, 0.2) is 0 Å². The number of nitrogens with two attached hydrogens (primary N) is 1. The standard InChI is InChI=1S/C9H21N/c1-4-6-7-8(3)9(10)5-2/h8-9H,4-7,10H2,1-3H3/t8?,9-/m0/s1. The molecule has 0 aromatic rings. The average Bonchev–Trinajstić information content (AvgIpc) is 1.98. The Balaban J connectivity index is 3.31. The van der Waals surface area contributed by atoms with Crippen molar-refractivity contribution in [2.24, 2.45) is 11.7 Å². The van der Waals surface area contributed by atoms with Crippen LogP contribution in [0, 0.1) is 5.92 Å². The van der Waals surface area contributed by atoms with Crippen LogP contribution < -0.4 is 5.73 Å². The Bertz CT molecular complexity index is 71.1. The lowest BCUT2D eigenvalue weighted by Crippen LogP contribution is -2.26. The third kappa shape index (κ3) is 3.89. The average molecular weight is 143 g/mol. The molecule has 0 spiro atoms. The Hall–Kier alpha value is -0.0400. The lowest BCUT2D eigenvalue weighted by molar-refractivity contribution is 0.404. The third-order valence-electron chi connectivity index (χ3n) is 2.22. The molecule has 0 saturated carbocycles. The predicted molar refractivity (Wildman–Crippen MR) is 47.0 cm³/mol. The second-order valence-electron chi connectivity index (χ2n) is 3.19. The zero-order valence-corrected chi connectivity index (χ0v) is 7.56. The Kier molecular flexibility index (Phi) is 5.70. The third-order valence-corrected chi connectivity index (χ3v) is 2.22. The molecule has 0 bridgehead atoms. The second kappa shape index (κ2) is 5.72. The van der Waals surface area contributed by atoms with Crippen molar-refractivity contribution in [1.82, 2.24) is 0 Å². The van der Waals surface area contributed by atoms with Gasteiger partial charge in [0.25, 0.3) is 0 Å². The normalized spacial score (nSPS) is 16.8. The summed E-state index contributed by atoms with van der Waals surface area (Å²) in [5.41, 5.74) is 5.86. The fraction of sp³-hybridized carbons (Fsp3) is 1.00. The number of hydrogen-bond donors (Lipinski definition) is 1. The van der Waals surface area contributed by atoms with Gasteiger partial charge in [-0.05, 0) is 18.8 Å². The summed E-state index contributed by atoms with van der Waals surface area (Å²) in [6.07, 6.45) is 5.03. The number of rotatable bonds is 5. The van der Waals surface area contributed by atoms with E-state index in [0.29, 0.717) is 12.0 Å². The molecule has 0 aliphatic carbocycles. The van der Waals surface area contributed by atoms with Crippen LogP contribution in [0.1, 0.15) is 46.5 Å². The van der Waals surface area contributed by atoms with Crippen LogP contribution in [0.4, 0.5) is 0 Å². The maximum absolute atomic E-state index is 5.86. The van der Waals surface area contributed by atoms with E-state index in [2.05, 4.69) is 20.8 Å². The maximum Gasteiger partial charge on any atom is 0.00619 e. The fourth-order valence-corrected chi connectivity index (χ4v) is 1.14. The van der Waals surface area contributed by atoms with Crippen molar-refractivity contribution in [1.29, 1.82) is 0 Å². The molecule has 1 nitrogen and oxygen atoms in total. The van der Waals surface area contributed by atoms with E-state index in [-0.39, 0.29) is 0 Å². The highest BCUT2D eigenvalue weighted by atomic mass is 14.6. The highest BCUT2D eigenvalue weighted by Gasteiger charge is 2.08. The first kappa shape index (κ1) is 9.96. The molecule has 0 fully saturated rings.